The first kappa shape index (κ1) is 26.9. The lowest BCUT2D eigenvalue weighted by molar-refractivity contribution is 0.0104. The highest BCUT2D eigenvalue weighted by Gasteiger charge is 2.43. The molecule has 2 amide bonds. The molecule has 1 atom stereocenters. The van der Waals surface area contributed by atoms with Crippen molar-refractivity contribution in [1.82, 2.24) is 15.2 Å². The minimum atomic E-state index is -0.878. The number of halogens is 2. The summed E-state index contributed by atoms with van der Waals surface area (Å²) in [6.45, 7) is 16.2. The van der Waals surface area contributed by atoms with Crippen molar-refractivity contribution < 1.29 is 18.7 Å². The number of benzene rings is 1. The normalized spacial score (nSPS) is 19.6. The molecule has 0 bridgehead atoms. The van der Waals surface area contributed by atoms with Crippen molar-refractivity contribution in [2.45, 2.75) is 65.0 Å². The minimum absolute atomic E-state index is 0.0202. The first-order chi connectivity index (χ1) is 17.3. The Balaban J connectivity index is 1.69. The number of allylic oxidation sites excluding steroid dienone is 1. The Morgan fingerprint density at radius 3 is 2.65 bits per heavy atom. The van der Waals surface area contributed by atoms with E-state index in [1.807, 2.05) is 34.6 Å². The Kier molecular flexibility index (Phi) is 7.01. The quantitative estimate of drug-likeness (QED) is 0.531. The average molecular weight is 529 g/mol. The number of nitrogens with one attached hydrogen (secondary N) is 2. The van der Waals surface area contributed by atoms with Crippen LogP contribution in [-0.4, -0.2) is 53.2 Å². The number of amides is 2. The highest BCUT2D eigenvalue weighted by Crippen LogP contribution is 2.43. The van der Waals surface area contributed by atoms with E-state index in [4.69, 9.17) is 16.3 Å². The van der Waals surface area contributed by atoms with Crippen LogP contribution in [0.1, 0.15) is 74.2 Å². The Labute approximate surface area is 222 Å². The van der Waals surface area contributed by atoms with Crippen molar-refractivity contribution >= 4 is 35.0 Å². The van der Waals surface area contributed by atoms with E-state index in [-0.39, 0.29) is 29.6 Å². The number of rotatable bonds is 5. The highest BCUT2D eigenvalue weighted by molar-refractivity contribution is 6.32. The van der Waals surface area contributed by atoms with Crippen molar-refractivity contribution in [3.8, 4) is 0 Å². The number of hydrogen-bond donors (Lipinski definition) is 2. The van der Waals surface area contributed by atoms with Gasteiger partial charge in [0.25, 0.3) is 5.91 Å². The minimum Gasteiger partial charge on any atom is -0.444 e. The molecule has 1 aromatic heterocycles. The van der Waals surface area contributed by atoms with Gasteiger partial charge in [0.15, 0.2) is 0 Å². The van der Waals surface area contributed by atoms with E-state index in [0.29, 0.717) is 47.6 Å². The van der Waals surface area contributed by atoms with Crippen LogP contribution in [0.15, 0.2) is 24.9 Å². The second-order valence-corrected chi connectivity index (χ2v) is 11.4. The van der Waals surface area contributed by atoms with Crippen LogP contribution in [0.2, 0.25) is 5.02 Å². The van der Waals surface area contributed by atoms with Gasteiger partial charge in [0.1, 0.15) is 17.2 Å². The summed E-state index contributed by atoms with van der Waals surface area (Å²) in [5.74, 6) is -0.140. The maximum Gasteiger partial charge on any atom is 0.410 e. The van der Waals surface area contributed by atoms with Gasteiger partial charge in [-0.05, 0) is 63.3 Å². The molecule has 9 heteroatoms. The van der Waals surface area contributed by atoms with E-state index in [9.17, 15) is 9.59 Å². The molecule has 0 spiro atoms. The summed E-state index contributed by atoms with van der Waals surface area (Å²) in [5, 5.41) is 6.34. The highest BCUT2D eigenvalue weighted by atomic mass is 35.5. The molecule has 7 nitrogen and oxygen atoms in total. The van der Waals surface area contributed by atoms with Crippen LogP contribution in [0.5, 0.6) is 0 Å². The van der Waals surface area contributed by atoms with Gasteiger partial charge in [0.05, 0.1) is 16.6 Å². The lowest BCUT2D eigenvalue weighted by Crippen LogP contribution is -2.58. The van der Waals surface area contributed by atoms with Gasteiger partial charge in [0, 0.05) is 36.8 Å². The molecule has 0 aliphatic carbocycles. The third kappa shape index (κ3) is 4.91. The molecule has 2 aliphatic heterocycles. The van der Waals surface area contributed by atoms with Gasteiger partial charge in [-0.3, -0.25) is 4.79 Å². The molecule has 2 aliphatic rings. The molecule has 2 N–H and O–H groups in total. The number of likely N-dealkylation sites (tertiary alicyclic amines) is 1. The first-order valence-electron chi connectivity index (χ1n) is 12.5. The van der Waals surface area contributed by atoms with Crippen LogP contribution >= 0.6 is 11.6 Å². The van der Waals surface area contributed by atoms with Gasteiger partial charge in [-0.25, -0.2) is 14.2 Å². The molecule has 198 valence electrons. The first-order valence-corrected chi connectivity index (χ1v) is 12.8. The number of aromatic nitrogens is 1. The molecular formula is C28H34ClFN4O3. The van der Waals surface area contributed by atoms with Crippen molar-refractivity contribution in [1.29, 1.82) is 0 Å². The summed E-state index contributed by atoms with van der Waals surface area (Å²) in [6, 6.07) is 3.48. The van der Waals surface area contributed by atoms with Crippen LogP contribution in [-0.2, 0) is 16.6 Å². The van der Waals surface area contributed by atoms with Crippen LogP contribution in [0, 0.1) is 5.82 Å². The SMILES string of the molecule is C=C(C)c1ccc(C2(C)CNC(=O)c3cnc(NC4CN(C(=O)OC(C)(C)C)C4)c(CC)c32)c(F)c1Cl. The molecule has 1 fully saturated rings. The molecule has 1 saturated heterocycles. The van der Waals surface area contributed by atoms with Crippen molar-refractivity contribution in [3.63, 3.8) is 0 Å². The maximum absolute atomic E-state index is 15.7. The van der Waals surface area contributed by atoms with Crippen LogP contribution < -0.4 is 10.6 Å². The molecule has 1 unspecified atom stereocenters. The molecule has 0 radical (unpaired) electrons. The number of ether oxygens (including phenoxy) is 1. The lowest BCUT2D eigenvalue weighted by Gasteiger charge is -2.42. The predicted octanol–water partition coefficient (Wildman–Crippen LogP) is 5.55. The topological polar surface area (TPSA) is 83.6 Å². The molecule has 1 aromatic carbocycles. The molecule has 4 rings (SSSR count). The fourth-order valence-electron chi connectivity index (χ4n) is 5.04. The fourth-order valence-corrected chi connectivity index (χ4v) is 5.36. The Bertz CT molecular complexity index is 1280. The number of carbonyl (C=O) groups excluding carboxylic acids is 2. The number of hydrogen-bond acceptors (Lipinski definition) is 5. The lowest BCUT2D eigenvalue weighted by atomic mass is 9.70. The summed E-state index contributed by atoms with van der Waals surface area (Å²) >= 11 is 6.42. The second kappa shape index (κ2) is 9.63. The van der Waals surface area contributed by atoms with Gasteiger partial charge in [0.2, 0.25) is 0 Å². The van der Waals surface area contributed by atoms with Crippen molar-refractivity contribution in [3.05, 3.63) is 63.6 Å². The number of pyridine rings is 1. The van der Waals surface area contributed by atoms with E-state index in [1.54, 1.807) is 24.0 Å². The molecule has 0 saturated carbocycles. The van der Waals surface area contributed by atoms with Gasteiger partial charge in [-0.1, -0.05) is 37.2 Å². The largest absolute Gasteiger partial charge is 0.444 e. The summed E-state index contributed by atoms with van der Waals surface area (Å²) in [7, 11) is 0. The second-order valence-electron chi connectivity index (χ2n) is 11.0. The van der Waals surface area contributed by atoms with Gasteiger partial charge >= 0.3 is 6.09 Å². The van der Waals surface area contributed by atoms with Gasteiger partial charge < -0.3 is 20.3 Å². The van der Waals surface area contributed by atoms with Gasteiger partial charge in [-0.15, -0.1) is 0 Å². The molecule has 37 heavy (non-hydrogen) atoms. The molecular weight excluding hydrogens is 495 g/mol. The van der Waals surface area contributed by atoms with E-state index in [2.05, 4.69) is 22.2 Å². The van der Waals surface area contributed by atoms with E-state index < -0.39 is 16.8 Å². The summed E-state index contributed by atoms with van der Waals surface area (Å²) in [6.07, 6.45) is 1.76. The van der Waals surface area contributed by atoms with E-state index in [0.717, 1.165) is 11.1 Å². The van der Waals surface area contributed by atoms with E-state index in [1.165, 1.54) is 6.20 Å². The monoisotopic (exact) mass is 528 g/mol. The summed E-state index contributed by atoms with van der Waals surface area (Å²) in [4.78, 5) is 31.4. The average Bonchev–Trinajstić information content (AvgIpc) is 2.78. The maximum atomic E-state index is 15.7. The smallest absolute Gasteiger partial charge is 0.410 e. The van der Waals surface area contributed by atoms with E-state index >= 15 is 4.39 Å². The zero-order valence-electron chi connectivity index (χ0n) is 22.2. The zero-order chi connectivity index (χ0) is 27.3. The number of nitrogens with zero attached hydrogens (tertiary/aromatic N) is 2. The zero-order valence-corrected chi connectivity index (χ0v) is 23.0. The Morgan fingerprint density at radius 2 is 2.05 bits per heavy atom. The van der Waals surface area contributed by atoms with Crippen LogP contribution in [0.4, 0.5) is 15.0 Å². The van der Waals surface area contributed by atoms with Crippen molar-refractivity contribution in [2.75, 3.05) is 25.0 Å². The Hall–Kier alpha value is -3.13. The third-order valence-corrected chi connectivity index (χ3v) is 7.31. The Morgan fingerprint density at radius 1 is 1.38 bits per heavy atom. The van der Waals surface area contributed by atoms with Crippen molar-refractivity contribution in [2.24, 2.45) is 0 Å². The molecule has 3 heterocycles. The fraction of sp³-hybridized carbons (Fsp3) is 0.464. The summed E-state index contributed by atoms with van der Waals surface area (Å²) < 4.78 is 21.2. The number of fused-ring (bicyclic) bond motifs is 1. The number of anilines is 1. The predicted molar refractivity (Wildman–Crippen MR) is 144 cm³/mol. The van der Waals surface area contributed by atoms with Crippen LogP contribution in [0.25, 0.3) is 5.57 Å². The third-order valence-electron chi connectivity index (χ3n) is 6.94. The number of carbonyl (C=O) groups is 2. The molecule has 2 aromatic rings. The standard InChI is InChI=1S/C28H34ClFN4O3/c1-8-17-21-19(11-31-24(17)33-16-12-34(13-16)26(36)37-27(4,5)6)25(35)32-14-28(21,7)20-10-9-18(15(2)3)22(29)23(20)30/h9-11,16H,2,8,12-14H2,1,3-7H3,(H,31,33)(H,32,35). The van der Waals surface area contributed by atoms with Gasteiger partial charge in [-0.2, -0.15) is 0 Å². The van der Waals surface area contributed by atoms with Crippen LogP contribution in [0.3, 0.4) is 0 Å². The summed E-state index contributed by atoms with van der Waals surface area (Å²) in [5.41, 5.74) is 2.18.